The molecule has 1 amide bonds. The quantitative estimate of drug-likeness (QED) is 0.598. The van der Waals surface area contributed by atoms with Gasteiger partial charge in [-0.05, 0) is 43.2 Å². The van der Waals surface area contributed by atoms with E-state index in [0.29, 0.717) is 37.6 Å². The van der Waals surface area contributed by atoms with E-state index >= 15 is 0 Å². The molecule has 7 nitrogen and oxygen atoms in total. The molecule has 0 aromatic heterocycles. The topological polar surface area (TPSA) is 75.9 Å². The number of rotatable bonds is 5. The van der Waals surface area contributed by atoms with Gasteiger partial charge in [-0.2, -0.15) is 0 Å². The van der Waals surface area contributed by atoms with Crippen LogP contribution < -0.4 is 9.64 Å². The van der Waals surface area contributed by atoms with E-state index in [9.17, 15) is 14.9 Å². The first kappa shape index (κ1) is 18.7. The van der Waals surface area contributed by atoms with Crippen LogP contribution in [0.25, 0.3) is 0 Å². The van der Waals surface area contributed by atoms with Crippen molar-refractivity contribution in [2.45, 2.75) is 13.8 Å². The van der Waals surface area contributed by atoms with Crippen molar-refractivity contribution in [2.75, 3.05) is 37.7 Å². The Morgan fingerprint density at radius 2 is 1.70 bits per heavy atom. The highest BCUT2D eigenvalue weighted by atomic mass is 16.6. The van der Waals surface area contributed by atoms with Gasteiger partial charge in [0.05, 0.1) is 4.92 Å². The van der Waals surface area contributed by atoms with E-state index < -0.39 is 0 Å². The van der Waals surface area contributed by atoms with Crippen LogP contribution in [0.15, 0.2) is 42.5 Å². The second-order valence-electron chi connectivity index (χ2n) is 6.73. The number of carbonyl (C=O) groups is 1. The number of anilines is 1. The average molecular weight is 369 g/mol. The summed E-state index contributed by atoms with van der Waals surface area (Å²) in [6.45, 7) is 6.12. The van der Waals surface area contributed by atoms with Crippen LogP contribution in [0.5, 0.6) is 5.75 Å². The Kier molecular flexibility index (Phi) is 5.59. The molecule has 1 fully saturated rings. The lowest BCUT2D eigenvalue weighted by molar-refractivity contribution is -0.384. The Labute approximate surface area is 158 Å². The Bertz CT molecular complexity index is 825. The number of hydrogen-bond acceptors (Lipinski definition) is 5. The Morgan fingerprint density at radius 1 is 1.07 bits per heavy atom. The van der Waals surface area contributed by atoms with E-state index in [2.05, 4.69) is 6.07 Å². The first-order valence-corrected chi connectivity index (χ1v) is 8.91. The smallest absolute Gasteiger partial charge is 0.292 e. The average Bonchev–Trinajstić information content (AvgIpc) is 2.65. The van der Waals surface area contributed by atoms with Crippen LogP contribution in [-0.2, 0) is 4.79 Å². The fourth-order valence-corrected chi connectivity index (χ4v) is 3.34. The van der Waals surface area contributed by atoms with Crippen LogP contribution in [0.4, 0.5) is 11.4 Å². The molecule has 27 heavy (non-hydrogen) atoms. The summed E-state index contributed by atoms with van der Waals surface area (Å²) in [4.78, 5) is 27.0. The van der Waals surface area contributed by atoms with Crippen molar-refractivity contribution in [1.82, 2.24) is 4.90 Å². The third-order valence-electron chi connectivity index (χ3n) is 4.61. The fourth-order valence-electron chi connectivity index (χ4n) is 3.34. The van der Waals surface area contributed by atoms with E-state index in [4.69, 9.17) is 4.74 Å². The van der Waals surface area contributed by atoms with E-state index in [1.165, 1.54) is 6.07 Å². The predicted octanol–water partition coefficient (Wildman–Crippen LogP) is 2.94. The van der Waals surface area contributed by atoms with Crippen LogP contribution in [0.1, 0.15) is 11.1 Å². The number of carbonyl (C=O) groups excluding carboxylic acids is 1. The molecule has 0 unspecified atom stereocenters. The number of para-hydroxylation sites is 2. The van der Waals surface area contributed by atoms with Crippen molar-refractivity contribution < 1.29 is 14.5 Å². The predicted molar refractivity (Wildman–Crippen MR) is 103 cm³/mol. The summed E-state index contributed by atoms with van der Waals surface area (Å²) >= 11 is 0. The molecular weight excluding hydrogens is 346 g/mol. The van der Waals surface area contributed by atoms with Gasteiger partial charge in [-0.3, -0.25) is 14.9 Å². The first-order valence-electron chi connectivity index (χ1n) is 8.91. The Hall–Kier alpha value is -3.09. The molecule has 0 radical (unpaired) electrons. The molecule has 0 bridgehead atoms. The maximum Gasteiger partial charge on any atom is 0.292 e. The summed E-state index contributed by atoms with van der Waals surface area (Å²) in [5.41, 5.74) is 2.88. The molecule has 0 saturated carbocycles. The van der Waals surface area contributed by atoms with Gasteiger partial charge in [0, 0.05) is 32.2 Å². The number of nitro benzene ring substituents is 1. The van der Waals surface area contributed by atoms with Crippen molar-refractivity contribution in [2.24, 2.45) is 0 Å². The summed E-state index contributed by atoms with van der Waals surface area (Å²) < 4.78 is 5.65. The number of nitro groups is 1. The number of nitrogens with zero attached hydrogens (tertiary/aromatic N) is 3. The second-order valence-corrected chi connectivity index (χ2v) is 6.73. The van der Waals surface area contributed by atoms with Crippen molar-refractivity contribution in [3.8, 4) is 5.75 Å². The lowest BCUT2D eigenvalue weighted by atomic mass is 10.1. The van der Waals surface area contributed by atoms with Gasteiger partial charge in [-0.1, -0.05) is 18.2 Å². The highest BCUT2D eigenvalue weighted by molar-refractivity contribution is 5.78. The Balaban J connectivity index is 1.56. The molecule has 0 N–H and O–H groups in total. The van der Waals surface area contributed by atoms with Crippen LogP contribution in [0, 0.1) is 24.0 Å². The number of ether oxygens (including phenoxy) is 1. The van der Waals surface area contributed by atoms with Gasteiger partial charge in [-0.15, -0.1) is 0 Å². The summed E-state index contributed by atoms with van der Waals surface area (Å²) in [5.74, 6) is 0.621. The van der Waals surface area contributed by atoms with Crippen molar-refractivity contribution >= 4 is 17.3 Å². The van der Waals surface area contributed by atoms with Crippen molar-refractivity contribution in [1.29, 1.82) is 0 Å². The zero-order valence-electron chi connectivity index (χ0n) is 15.6. The van der Waals surface area contributed by atoms with E-state index in [0.717, 1.165) is 11.1 Å². The van der Waals surface area contributed by atoms with E-state index in [1.807, 2.05) is 30.9 Å². The van der Waals surface area contributed by atoms with Gasteiger partial charge in [0.1, 0.15) is 11.4 Å². The monoisotopic (exact) mass is 369 g/mol. The summed E-state index contributed by atoms with van der Waals surface area (Å²) in [5, 5.41) is 11.2. The molecule has 1 saturated heterocycles. The number of amides is 1. The van der Waals surface area contributed by atoms with Crippen LogP contribution in [0.3, 0.4) is 0 Å². The zero-order valence-corrected chi connectivity index (χ0v) is 15.6. The number of benzene rings is 2. The largest absolute Gasteiger partial charge is 0.484 e. The van der Waals surface area contributed by atoms with E-state index in [-0.39, 0.29) is 23.1 Å². The van der Waals surface area contributed by atoms with Gasteiger partial charge >= 0.3 is 0 Å². The molecule has 0 atom stereocenters. The van der Waals surface area contributed by atoms with Gasteiger partial charge in [0.15, 0.2) is 6.61 Å². The molecule has 0 aliphatic carbocycles. The molecule has 1 aliphatic rings. The minimum atomic E-state index is -0.370. The van der Waals surface area contributed by atoms with Gasteiger partial charge in [0.2, 0.25) is 0 Å². The number of hydrogen-bond donors (Lipinski definition) is 0. The van der Waals surface area contributed by atoms with Gasteiger partial charge < -0.3 is 14.5 Å². The SMILES string of the molecule is Cc1cc(C)cc(OCC(=O)N2CCN(c3ccccc3[N+](=O)[O-])CC2)c1. The molecule has 0 spiro atoms. The Morgan fingerprint density at radius 3 is 2.33 bits per heavy atom. The summed E-state index contributed by atoms with van der Waals surface area (Å²) in [6.07, 6.45) is 0. The molecule has 1 aliphatic heterocycles. The maximum atomic E-state index is 12.4. The second kappa shape index (κ2) is 8.07. The third kappa shape index (κ3) is 4.55. The summed E-state index contributed by atoms with van der Waals surface area (Å²) in [7, 11) is 0. The molecular formula is C20H23N3O4. The minimum absolute atomic E-state index is 0.00558. The molecule has 2 aromatic carbocycles. The standard InChI is InChI=1S/C20H23N3O4/c1-15-11-16(2)13-17(12-15)27-14-20(24)22-9-7-21(8-10-22)18-5-3-4-6-19(18)23(25)26/h3-6,11-13H,7-10,14H2,1-2H3. The molecule has 7 heteroatoms. The minimum Gasteiger partial charge on any atom is -0.484 e. The highest BCUT2D eigenvalue weighted by Crippen LogP contribution is 2.28. The molecule has 1 heterocycles. The van der Waals surface area contributed by atoms with Crippen molar-refractivity contribution in [3.63, 3.8) is 0 Å². The van der Waals surface area contributed by atoms with E-state index in [1.54, 1.807) is 23.1 Å². The molecule has 2 aromatic rings. The number of piperazine rings is 1. The van der Waals surface area contributed by atoms with Crippen LogP contribution in [0.2, 0.25) is 0 Å². The normalized spacial score (nSPS) is 14.1. The lowest BCUT2D eigenvalue weighted by Gasteiger charge is -2.35. The first-order chi connectivity index (χ1) is 12.9. The van der Waals surface area contributed by atoms with Gasteiger partial charge in [-0.25, -0.2) is 0 Å². The van der Waals surface area contributed by atoms with Crippen molar-refractivity contribution in [3.05, 3.63) is 63.7 Å². The van der Waals surface area contributed by atoms with Gasteiger partial charge in [0.25, 0.3) is 11.6 Å². The highest BCUT2D eigenvalue weighted by Gasteiger charge is 2.25. The maximum absolute atomic E-state index is 12.4. The third-order valence-corrected chi connectivity index (χ3v) is 4.61. The fraction of sp³-hybridized carbons (Fsp3) is 0.350. The summed E-state index contributed by atoms with van der Waals surface area (Å²) in [6, 6.07) is 12.6. The lowest BCUT2D eigenvalue weighted by Crippen LogP contribution is -2.50. The molecule has 3 rings (SSSR count). The zero-order chi connectivity index (χ0) is 19.4. The number of aryl methyl sites for hydroxylation is 2. The molecule has 142 valence electrons. The van der Waals surface area contributed by atoms with Crippen LogP contribution >= 0.6 is 0 Å². The van der Waals surface area contributed by atoms with Crippen LogP contribution in [-0.4, -0.2) is 48.5 Å².